The van der Waals surface area contributed by atoms with Gasteiger partial charge in [-0.05, 0) is 25.0 Å². The highest BCUT2D eigenvalue weighted by atomic mass is 35.5. The quantitative estimate of drug-likeness (QED) is 0.801. The van der Waals surface area contributed by atoms with E-state index in [9.17, 15) is 13.6 Å². The van der Waals surface area contributed by atoms with Crippen LogP contribution in [0.4, 0.5) is 8.78 Å². The van der Waals surface area contributed by atoms with E-state index in [4.69, 9.17) is 23.2 Å². The molecule has 1 unspecified atom stereocenters. The van der Waals surface area contributed by atoms with Crippen molar-refractivity contribution in [2.75, 3.05) is 0 Å². The molecular weight excluding hydrogens is 383 g/mol. The molecule has 0 bridgehead atoms. The van der Waals surface area contributed by atoms with Crippen LogP contribution in [0.1, 0.15) is 35.7 Å². The molecule has 1 fully saturated rings. The van der Waals surface area contributed by atoms with E-state index in [0.29, 0.717) is 5.82 Å². The Morgan fingerprint density at radius 2 is 2.00 bits per heavy atom. The molecule has 1 atom stereocenters. The SMILES string of the molecule is Cc1ccccc1C(Cn1c(C)nc(Cl)c1Cl)C(=O)NC1CC(F)(F)C1. The lowest BCUT2D eigenvalue weighted by Gasteiger charge is -2.36. The zero-order valence-corrected chi connectivity index (χ0v) is 15.9. The van der Waals surface area contributed by atoms with Gasteiger partial charge in [0.05, 0.1) is 5.92 Å². The summed E-state index contributed by atoms with van der Waals surface area (Å²) < 4.78 is 27.8. The van der Waals surface area contributed by atoms with Crippen molar-refractivity contribution >= 4 is 29.1 Å². The lowest BCUT2D eigenvalue weighted by Crippen LogP contribution is -2.51. The van der Waals surface area contributed by atoms with Gasteiger partial charge in [-0.25, -0.2) is 13.8 Å². The number of aromatic nitrogens is 2. The number of nitrogens with one attached hydrogen (secondary N) is 1. The van der Waals surface area contributed by atoms with E-state index in [2.05, 4.69) is 10.3 Å². The zero-order chi connectivity index (χ0) is 19.1. The minimum Gasteiger partial charge on any atom is -0.352 e. The van der Waals surface area contributed by atoms with Crippen molar-refractivity contribution in [3.63, 3.8) is 0 Å². The molecule has 0 aliphatic heterocycles. The number of carbonyl (C=O) groups excluding carboxylic acids is 1. The molecule has 1 amide bonds. The second kappa shape index (κ2) is 7.16. The van der Waals surface area contributed by atoms with E-state index >= 15 is 0 Å². The smallest absolute Gasteiger partial charge is 0.252 e. The molecule has 140 valence electrons. The minimum absolute atomic E-state index is 0.173. The molecule has 0 saturated heterocycles. The Balaban J connectivity index is 1.87. The maximum atomic E-state index is 13.1. The Hall–Kier alpha value is -1.66. The Morgan fingerprint density at radius 1 is 1.35 bits per heavy atom. The summed E-state index contributed by atoms with van der Waals surface area (Å²) in [5.41, 5.74) is 1.75. The van der Waals surface area contributed by atoms with Crippen LogP contribution in [-0.4, -0.2) is 27.4 Å². The average molecular weight is 402 g/mol. The van der Waals surface area contributed by atoms with Crippen LogP contribution >= 0.6 is 23.2 Å². The summed E-state index contributed by atoms with van der Waals surface area (Å²) >= 11 is 12.2. The summed E-state index contributed by atoms with van der Waals surface area (Å²) in [6, 6.07) is 6.98. The van der Waals surface area contributed by atoms with Gasteiger partial charge in [0.25, 0.3) is 5.92 Å². The van der Waals surface area contributed by atoms with Crippen molar-refractivity contribution < 1.29 is 13.6 Å². The van der Waals surface area contributed by atoms with Gasteiger partial charge in [0.2, 0.25) is 5.91 Å². The summed E-state index contributed by atoms with van der Waals surface area (Å²) in [5.74, 6) is -3.00. The Morgan fingerprint density at radius 3 is 2.54 bits per heavy atom. The van der Waals surface area contributed by atoms with Gasteiger partial charge >= 0.3 is 0 Å². The summed E-state index contributed by atoms with van der Waals surface area (Å²) in [7, 11) is 0. The highest BCUT2D eigenvalue weighted by Crippen LogP contribution is 2.38. The van der Waals surface area contributed by atoms with Crippen LogP contribution in [0.3, 0.4) is 0 Å². The molecule has 1 N–H and O–H groups in total. The van der Waals surface area contributed by atoms with Crippen molar-refractivity contribution in [1.29, 1.82) is 0 Å². The predicted molar refractivity (Wildman–Crippen MR) is 97.0 cm³/mol. The third-order valence-corrected chi connectivity index (χ3v) is 5.48. The van der Waals surface area contributed by atoms with Crippen molar-refractivity contribution in [2.45, 2.75) is 51.1 Å². The van der Waals surface area contributed by atoms with Crippen LogP contribution < -0.4 is 5.32 Å². The molecule has 1 heterocycles. The number of rotatable bonds is 5. The third kappa shape index (κ3) is 3.86. The fraction of sp³-hybridized carbons (Fsp3) is 0.444. The number of nitrogens with zero attached hydrogens (tertiary/aromatic N) is 2. The molecule has 2 aromatic rings. The number of aryl methyl sites for hydroxylation is 2. The highest BCUT2D eigenvalue weighted by Gasteiger charge is 2.46. The number of imidazole rings is 1. The first-order valence-electron chi connectivity index (χ1n) is 8.30. The summed E-state index contributed by atoms with van der Waals surface area (Å²) in [6.45, 7) is 3.88. The van der Waals surface area contributed by atoms with Crippen LogP contribution in [0.5, 0.6) is 0 Å². The van der Waals surface area contributed by atoms with Crippen molar-refractivity contribution in [2.24, 2.45) is 0 Å². The zero-order valence-electron chi connectivity index (χ0n) is 14.4. The number of alkyl halides is 2. The Labute approximate surface area is 160 Å². The van der Waals surface area contributed by atoms with E-state index < -0.39 is 17.9 Å². The van der Waals surface area contributed by atoms with Gasteiger partial charge in [0.1, 0.15) is 11.0 Å². The Bertz CT molecular complexity index is 830. The molecule has 1 aliphatic carbocycles. The maximum absolute atomic E-state index is 13.1. The minimum atomic E-state index is -2.69. The largest absolute Gasteiger partial charge is 0.352 e. The Kier molecular flexibility index (Phi) is 5.26. The first-order valence-corrected chi connectivity index (χ1v) is 9.05. The van der Waals surface area contributed by atoms with Gasteiger partial charge in [-0.1, -0.05) is 47.5 Å². The molecular formula is C18H19Cl2F2N3O. The molecule has 1 saturated carbocycles. The second-order valence-corrected chi connectivity index (χ2v) is 7.45. The van der Waals surface area contributed by atoms with Gasteiger partial charge in [0, 0.05) is 25.4 Å². The van der Waals surface area contributed by atoms with Gasteiger partial charge in [-0.3, -0.25) is 4.79 Å². The number of hydrogen-bond donors (Lipinski definition) is 1. The van der Waals surface area contributed by atoms with E-state index in [1.165, 1.54) is 0 Å². The van der Waals surface area contributed by atoms with Crippen molar-refractivity contribution in [1.82, 2.24) is 14.9 Å². The molecule has 0 spiro atoms. The first kappa shape index (κ1) is 19.1. The highest BCUT2D eigenvalue weighted by molar-refractivity contribution is 6.40. The van der Waals surface area contributed by atoms with Crippen molar-refractivity contribution in [3.05, 3.63) is 51.5 Å². The summed E-state index contributed by atoms with van der Waals surface area (Å²) in [5, 5.41) is 3.16. The molecule has 3 rings (SSSR count). The van der Waals surface area contributed by atoms with Gasteiger partial charge in [-0.2, -0.15) is 0 Å². The van der Waals surface area contributed by atoms with E-state index in [1.54, 1.807) is 11.5 Å². The van der Waals surface area contributed by atoms with Crippen LogP contribution in [0.15, 0.2) is 24.3 Å². The number of halogens is 4. The predicted octanol–water partition coefficient (Wildman–Crippen LogP) is 4.50. The fourth-order valence-electron chi connectivity index (χ4n) is 3.26. The van der Waals surface area contributed by atoms with E-state index in [0.717, 1.165) is 11.1 Å². The third-order valence-electron chi connectivity index (χ3n) is 4.74. The molecule has 1 aliphatic rings. The molecule has 4 nitrogen and oxygen atoms in total. The van der Waals surface area contributed by atoms with E-state index in [1.807, 2.05) is 31.2 Å². The average Bonchev–Trinajstić information content (AvgIpc) is 2.77. The number of benzene rings is 1. The normalized spacial score (nSPS) is 17.6. The molecule has 1 aromatic carbocycles. The lowest BCUT2D eigenvalue weighted by atomic mass is 9.86. The van der Waals surface area contributed by atoms with Gasteiger partial charge < -0.3 is 9.88 Å². The number of hydrogen-bond acceptors (Lipinski definition) is 2. The molecule has 1 aromatic heterocycles. The standard InChI is InChI=1S/C18H19Cl2F2N3O/c1-10-5-3-4-6-13(10)14(9-25-11(2)23-15(19)16(25)20)17(26)24-12-7-18(21,22)8-12/h3-6,12,14H,7-9H2,1-2H3,(H,24,26). The van der Waals surface area contributed by atoms with Crippen LogP contribution in [-0.2, 0) is 11.3 Å². The maximum Gasteiger partial charge on any atom is 0.252 e. The summed E-state index contributed by atoms with van der Waals surface area (Å²) in [4.78, 5) is 17.0. The van der Waals surface area contributed by atoms with Crippen LogP contribution in [0.2, 0.25) is 10.3 Å². The lowest BCUT2D eigenvalue weighted by molar-refractivity contribution is -0.130. The topological polar surface area (TPSA) is 46.9 Å². The monoisotopic (exact) mass is 401 g/mol. The van der Waals surface area contributed by atoms with Crippen LogP contribution in [0, 0.1) is 13.8 Å². The second-order valence-electron chi connectivity index (χ2n) is 6.73. The van der Waals surface area contributed by atoms with Gasteiger partial charge in [-0.15, -0.1) is 0 Å². The molecule has 26 heavy (non-hydrogen) atoms. The molecule has 0 radical (unpaired) electrons. The number of carbonyl (C=O) groups is 1. The number of amides is 1. The van der Waals surface area contributed by atoms with Gasteiger partial charge in [0.15, 0.2) is 5.15 Å². The van der Waals surface area contributed by atoms with E-state index in [-0.39, 0.29) is 35.6 Å². The summed E-state index contributed by atoms with van der Waals surface area (Å²) in [6.07, 6.45) is -0.647. The van der Waals surface area contributed by atoms with Crippen molar-refractivity contribution in [3.8, 4) is 0 Å². The molecule has 8 heteroatoms. The first-order chi connectivity index (χ1) is 12.2. The fourth-order valence-corrected chi connectivity index (χ4v) is 3.72. The van der Waals surface area contributed by atoms with Crippen LogP contribution in [0.25, 0.3) is 0 Å².